The number of allylic oxidation sites excluding steroid dienone is 1. The molecule has 0 saturated carbocycles. The van der Waals surface area contributed by atoms with Crippen LogP contribution in [0, 0.1) is 20.8 Å². The highest BCUT2D eigenvalue weighted by molar-refractivity contribution is 7.99. The van der Waals surface area contributed by atoms with Crippen molar-refractivity contribution in [3.8, 4) is 5.75 Å². The van der Waals surface area contributed by atoms with E-state index in [0.717, 1.165) is 16.0 Å². The second kappa shape index (κ2) is 8.84. The van der Waals surface area contributed by atoms with Gasteiger partial charge in [-0.05, 0) is 44.0 Å². The highest BCUT2D eigenvalue weighted by atomic mass is 32.2. The number of benzene rings is 1. The van der Waals surface area contributed by atoms with Gasteiger partial charge in [0.1, 0.15) is 10.6 Å². The number of thioether (sulfide) groups is 1. The Bertz CT molecular complexity index is 1150. The standard InChI is InChI=1S/C21H23N3O3S2/c1-6-9-24-20(26)18-13(3)14(4)29-19(18)23-21(24)28-11-17(25)22-15-10-12(2)7-8-16(15)27-5/h6-8,10H,1,9,11H2,2-5H3,(H,22,25). The molecule has 0 aliphatic rings. The van der Waals surface area contributed by atoms with Crippen molar-refractivity contribution in [2.24, 2.45) is 0 Å². The molecule has 0 aliphatic heterocycles. The predicted octanol–water partition coefficient (Wildman–Crippen LogP) is 4.31. The Labute approximate surface area is 177 Å². The van der Waals surface area contributed by atoms with E-state index in [1.807, 2.05) is 39.0 Å². The zero-order chi connectivity index (χ0) is 21.1. The number of nitrogens with one attached hydrogen (secondary N) is 1. The second-order valence-electron chi connectivity index (χ2n) is 6.60. The van der Waals surface area contributed by atoms with Crippen molar-refractivity contribution in [3.05, 3.63) is 57.2 Å². The first-order valence-corrected chi connectivity index (χ1v) is 10.8. The molecular weight excluding hydrogens is 406 g/mol. The lowest BCUT2D eigenvalue weighted by molar-refractivity contribution is -0.113. The van der Waals surface area contributed by atoms with Gasteiger partial charge in [0.15, 0.2) is 5.16 Å². The van der Waals surface area contributed by atoms with E-state index in [4.69, 9.17) is 4.74 Å². The Hall–Kier alpha value is -2.58. The van der Waals surface area contributed by atoms with Gasteiger partial charge in [-0.2, -0.15) is 0 Å². The normalized spacial score (nSPS) is 10.9. The zero-order valence-electron chi connectivity index (χ0n) is 16.9. The van der Waals surface area contributed by atoms with Gasteiger partial charge in [0.05, 0.1) is 23.9 Å². The molecule has 3 rings (SSSR count). The van der Waals surface area contributed by atoms with Crippen molar-refractivity contribution < 1.29 is 9.53 Å². The predicted molar refractivity (Wildman–Crippen MR) is 121 cm³/mol. The van der Waals surface area contributed by atoms with Crippen LogP contribution in [0.25, 0.3) is 10.2 Å². The summed E-state index contributed by atoms with van der Waals surface area (Å²) in [6, 6.07) is 5.59. The molecule has 1 aromatic carbocycles. The molecular formula is C21H23N3O3S2. The molecule has 0 fully saturated rings. The molecule has 0 bridgehead atoms. The van der Waals surface area contributed by atoms with Crippen LogP contribution >= 0.6 is 23.1 Å². The van der Waals surface area contributed by atoms with Gasteiger partial charge in [0.25, 0.3) is 5.56 Å². The lowest BCUT2D eigenvalue weighted by atomic mass is 10.2. The lowest BCUT2D eigenvalue weighted by Crippen LogP contribution is -2.23. The summed E-state index contributed by atoms with van der Waals surface area (Å²) < 4.78 is 6.87. The molecule has 2 heterocycles. The van der Waals surface area contributed by atoms with Crippen molar-refractivity contribution in [2.75, 3.05) is 18.2 Å². The third-order valence-electron chi connectivity index (χ3n) is 4.53. The fraction of sp³-hybridized carbons (Fsp3) is 0.286. The first-order valence-electron chi connectivity index (χ1n) is 9.04. The monoisotopic (exact) mass is 429 g/mol. The van der Waals surface area contributed by atoms with Crippen LogP contribution in [0.5, 0.6) is 5.75 Å². The lowest BCUT2D eigenvalue weighted by Gasteiger charge is -2.12. The van der Waals surface area contributed by atoms with Gasteiger partial charge >= 0.3 is 0 Å². The number of anilines is 1. The van der Waals surface area contributed by atoms with Gasteiger partial charge in [-0.25, -0.2) is 4.98 Å². The van der Waals surface area contributed by atoms with Crippen molar-refractivity contribution >= 4 is 44.9 Å². The van der Waals surface area contributed by atoms with E-state index in [9.17, 15) is 9.59 Å². The minimum atomic E-state index is -0.197. The molecule has 0 spiro atoms. The van der Waals surface area contributed by atoms with Gasteiger partial charge in [-0.1, -0.05) is 23.9 Å². The Morgan fingerprint density at radius 1 is 1.38 bits per heavy atom. The summed E-state index contributed by atoms with van der Waals surface area (Å²) in [6.07, 6.45) is 1.66. The number of rotatable bonds is 7. The number of methoxy groups -OCH3 is 1. The van der Waals surface area contributed by atoms with Crippen LogP contribution in [0.3, 0.4) is 0 Å². The smallest absolute Gasteiger partial charge is 0.263 e. The molecule has 152 valence electrons. The maximum Gasteiger partial charge on any atom is 0.263 e. The number of ether oxygens (including phenoxy) is 1. The quantitative estimate of drug-likeness (QED) is 0.344. The first-order chi connectivity index (χ1) is 13.8. The number of aryl methyl sites for hydroxylation is 3. The van der Waals surface area contributed by atoms with Gasteiger partial charge in [-0.15, -0.1) is 17.9 Å². The summed E-state index contributed by atoms with van der Waals surface area (Å²) in [6.45, 7) is 9.94. The van der Waals surface area contributed by atoms with Gasteiger partial charge in [0.2, 0.25) is 5.91 Å². The number of carbonyl (C=O) groups excluding carboxylic acids is 1. The third-order valence-corrected chi connectivity index (χ3v) is 6.60. The molecule has 8 heteroatoms. The SMILES string of the molecule is C=CCn1c(SCC(=O)Nc2cc(C)ccc2OC)nc2sc(C)c(C)c2c1=O. The molecule has 1 N–H and O–H groups in total. The van der Waals surface area contributed by atoms with Crippen molar-refractivity contribution in [1.82, 2.24) is 9.55 Å². The Morgan fingerprint density at radius 2 is 2.14 bits per heavy atom. The second-order valence-corrected chi connectivity index (χ2v) is 8.75. The van der Waals surface area contributed by atoms with Crippen molar-refractivity contribution in [1.29, 1.82) is 0 Å². The number of aromatic nitrogens is 2. The fourth-order valence-corrected chi connectivity index (χ4v) is 4.82. The Kier molecular flexibility index (Phi) is 6.44. The number of fused-ring (bicyclic) bond motifs is 1. The topological polar surface area (TPSA) is 73.2 Å². The van der Waals surface area contributed by atoms with E-state index in [1.54, 1.807) is 17.8 Å². The number of hydrogen-bond acceptors (Lipinski definition) is 6. The summed E-state index contributed by atoms with van der Waals surface area (Å²) in [5.74, 6) is 0.522. The molecule has 29 heavy (non-hydrogen) atoms. The van der Waals surface area contributed by atoms with E-state index in [-0.39, 0.29) is 17.2 Å². The van der Waals surface area contributed by atoms with Gasteiger partial charge in [-0.3, -0.25) is 14.2 Å². The molecule has 0 radical (unpaired) electrons. The van der Waals surface area contributed by atoms with E-state index in [1.165, 1.54) is 23.1 Å². The molecule has 0 aliphatic carbocycles. The third kappa shape index (κ3) is 4.38. The van der Waals surface area contributed by atoms with Crippen LogP contribution < -0.4 is 15.6 Å². The molecule has 0 atom stereocenters. The number of thiophene rings is 1. The number of hydrogen-bond donors (Lipinski definition) is 1. The molecule has 6 nitrogen and oxygen atoms in total. The van der Waals surface area contributed by atoms with E-state index in [0.29, 0.717) is 33.4 Å². The molecule has 0 saturated heterocycles. The number of amides is 1. The van der Waals surface area contributed by atoms with Crippen molar-refractivity contribution in [2.45, 2.75) is 32.5 Å². The number of carbonyl (C=O) groups is 1. The van der Waals surface area contributed by atoms with Crippen LogP contribution in [0.4, 0.5) is 5.69 Å². The fourth-order valence-electron chi connectivity index (χ4n) is 2.94. The van der Waals surface area contributed by atoms with Crippen molar-refractivity contribution in [3.63, 3.8) is 0 Å². The highest BCUT2D eigenvalue weighted by Crippen LogP contribution is 2.29. The summed E-state index contributed by atoms with van der Waals surface area (Å²) >= 11 is 2.73. The summed E-state index contributed by atoms with van der Waals surface area (Å²) in [5, 5.41) is 4.03. The van der Waals surface area contributed by atoms with Crippen LogP contribution in [0.15, 0.2) is 40.8 Å². The van der Waals surface area contributed by atoms with E-state index in [2.05, 4.69) is 16.9 Å². The maximum absolute atomic E-state index is 13.0. The zero-order valence-corrected chi connectivity index (χ0v) is 18.5. The highest BCUT2D eigenvalue weighted by Gasteiger charge is 2.17. The molecule has 0 unspecified atom stereocenters. The Morgan fingerprint density at radius 3 is 2.83 bits per heavy atom. The molecule has 3 aromatic rings. The summed E-state index contributed by atoms with van der Waals surface area (Å²) in [7, 11) is 1.56. The minimum absolute atomic E-state index is 0.0972. The van der Waals surface area contributed by atoms with Crippen LogP contribution in [0.2, 0.25) is 0 Å². The molecule has 2 aromatic heterocycles. The van der Waals surface area contributed by atoms with E-state index < -0.39 is 0 Å². The van der Waals surface area contributed by atoms with Crippen LogP contribution in [-0.4, -0.2) is 28.3 Å². The number of nitrogens with zero attached hydrogens (tertiary/aromatic N) is 2. The maximum atomic E-state index is 13.0. The van der Waals surface area contributed by atoms with Gasteiger partial charge in [0, 0.05) is 11.4 Å². The average molecular weight is 430 g/mol. The summed E-state index contributed by atoms with van der Waals surface area (Å²) in [4.78, 5) is 31.9. The summed E-state index contributed by atoms with van der Waals surface area (Å²) in [5.41, 5.74) is 2.50. The first kappa shape index (κ1) is 21.1. The van der Waals surface area contributed by atoms with E-state index >= 15 is 0 Å². The minimum Gasteiger partial charge on any atom is -0.495 e. The van der Waals surface area contributed by atoms with Crippen LogP contribution in [-0.2, 0) is 11.3 Å². The van der Waals surface area contributed by atoms with Crippen LogP contribution in [0.1, 0.15) is 16.0 Å². The average Bonchev–Trinajstić information content (AvgIpc) is 2.97. The molecule has 1 amide bonds. The largest absolute Gasteiger partial charge is 0.495 e. The van der Waals surface area contributed by atoms with Gasteiger partial charge < -0.3 is 10.1 Å². The Balaban J connectivity index is 1.85.